The second-order valence-corrected chi connectivity index (χ2v) is 3.01. The average molecular weight is 190 g/mol. The first kappa shape index (κ1) is 9.94. The summed E-state index contributed by atoms with van der Waals surface area (Å²) in [5.41, 5.74) is 0. The molecule has 6 nitrogen and oxygen atoms in total. The van der Waals surface area contributed by atoms with Crippen molar-refractivity contribution in [3.8, 4) is 0 Å². The molecule has 3 N–H and O–H groups in total. The first-order chi connectivity index (χ1) is 5.95. The lowest BCUT2D eigenvalue weighted by Crippen LogP contribution is -2.33. The molecule has 0 radical (unpaired) electrons. The fraction of sp³-hybridized carbons (Fsp3) is 0.714. The minimum atomic E-state index is -1.46. The van der Waals surface area contributed by atoms with E-state index in [9.17, 15) is 9.59 Å². The van der Waals surface area contributed by atoms with Gasteiger partial charge in [-0.25, -0.2) is 4.79 Å². The number of aliphatic hydroxyl groups excluding tert-OH is 1. The molecule has 1 heterocycles. The van der Waals surface area contributed by atoms with Gasteiger partial charge in [0, 0.05) is 5.92 Å². The van der Waals surface area contributed by atoms with Crippen LogP contribution in [0.2, 0.25) is 0 Å². The highest BCUT2D eigenvalue weighted by atomic mass is 16.6. The standard InChI is InChI=1S/C7H10O6/c1-2-3(5(8)9)4(6(10)11)13-7(2)12/h2-4,7,12H,1H3,(H,8,9)(H,10,11). The average Bonchev–Trinajstić information content (AvgIpc) is 2.28. The lowest BCUT2D eigenvalue weighted by Gasteiger charge is -2.11. The first-order valence-corrected chi connectivity index (χ1v) is 3.74. The van der Waals surface area contributed by atoms with Crippen molar-refractivity contribution in [2.24, 2.45) is 11.8 Å². The molecule has 0 aromatic rings. The Bertz CT molecular complexity index is 237. The van der Waals surface area contributed by atoms with Crippen molar-refractivity contribution in [2.75, 3.05) is 0 Å². The maximum absolute atomic E-state index is 10.6. The van der Waals surface area contributed by atoms with E-state index in [1.807, 2.05) is 0 Å². The third kappa shape index (κ3) is 1.63. The number of hydrogen-bond donors (Lipinski definition) is 3. The van der Waals surface area contributed by atoms with Crippen LogP contribution in [0.15, 0.2) is 0 Å². The summed E-state index contributed by atoms with van der Waals surface area (Å²) >= 11 is 0. The van der Waals surface area contributed by atoms with Crippen LogP contribution in [0, 0.1) is 11.8 Å². The quantitative estimate of drug-likeness (QED) is 0.522. The molecule has 0 aromatic carbocycles. The number of aliphatic hydroxyl groups is 1. The van der Waals surface area contributed by atoms with E-state index in [4.69, 9.17) is 15.3 Å². The summed E-state index contributed by atoms with van der Waals surface area (Å²) in [5, 5.41) is 26.3. The largest absolute Gasteiger partial charge is 0.481 e. The highest BCUT2D eigenvalue weighted by Gasteiger charge is 2.49. The molecule has 4 atom stereocenters. The Morgan fingerprint density at radius 2 is 1.77 bits per heavy atom. The molecular weight excluding hydrogens is 180 g/mol. The molecular formula is C7H10O6. The Hall–Kier alpha value is -1.14. The van der Waals surface area contributed by atoms with Crippen LogP contribution < -0.4 is 0 Å². The highest BCUT2D eigenvalue weighted by Crippen LogP contribution is 2.31. The minimum absolute atomic E-state index is 0.710. The number of carboxylic acid groups (broad SMARTS) is 2. The Balaban J connectivity index is 2.86. The SMILES string of the molecule is CC1C(O)OC(C(=O)O)C1C(=O)O. The molecule has 74 valence electrons. The topological polar surface area (TPSA) is 104 Å². The van der Waals surface area contributed by atoms with Crippen LogP contribution in [0.25, 0.3) is 0 Å². The number of carbonyl (C=O) groups is 2. The molecule has 4 unspecified atom stereocenters. The molecule has 1 fully saturated rings. The lowest BCUT2D eigenvalue weighted by atomic mass is 9.92. The van der Waals surface area contributed by atoms with Crippen molar-refractivity contribution >= 4 is 11.9 Å². The van der Waals surface area contributed by atoms with Crippen molar-refractivity contribution in [1.82, 2.24) is 0 Å². The zero-order valence-electron chi connectivity index (χ0n) is 6.88. The first-order valence-electron chi connectivity index (χ1n) is 3.74. The van der Waals surface area contributed by atoms with E-state index in [1.165, 1.54) is 6.92 Å². The van der Waals surface area contributed by atoms with Gasteiger partial charge >= 0.3 is 11.9 Å². The molecule has 6 heteroatoms. The van der Waals surface area contributed by atoms with E-state index >= 15 is 0 Å². The van der Waals surface area contributed by atoms with E-state index in [1.54, 1.807) is 0 Å². The van der Waals surface area contributed by atoms with Crippen LogP contribution in [0.4, 0.5) is 0 Å². The normalized spacial score (nSPS) is 38.9. The van der Waals surface area contributed by atoms with Gasteiger partial charge in [-0.05, 0) is 0 Å². The third-order valence-corrected chi connectivity index (χ3v) is 2.16. The van der Waals surface area contributed by atoms with Gasteiger partial charge in [-0.15, -0.1) is 0 Å². The Labute approximate surface area is 73.7 Å². The van der Waals surface area contributed by atoms with Crippen LogP contribution in [-0.2, 0) is 14.3 Å². The Morgan fingerprint density at radius 3 is 2.08 bits per heavy atom. The molecule has 0 spiro atoms. The lowest BCUT2D eigenvalue weighted by molar-refractivity contribution is -0.165. The number of aliphatic carboxylic acids is 2. The maximum atomic E-state index is 10.6. The monoisotopic (exact) mass is 190 g/mol. The van der Waals surface area contributed by atoms with Gasteiger partial charge in [0.25, 0.3) is 0 Å². The number of carboxylic acids is 2. The molecule has 0 bridgehead atoms. The van der Waals surface area contributed by atoms with Gasteiger partial charge in [0.2, 0.25) is 0 Å². The summed E-state index contributed by atoms with van der Waals surface area (Å²) in [4.78, 5) is 21.1. The molecule has 0 aromatic heterocycles. The predicted octanol–water partition coefficient (Wildman–Crippen LogP) is -0.875. The fourth-order valence-corrected chi connectivity index (χ4v) is 1.38. The van der Waals surface area contributed by atoms with Crippen LogP contribution in [0.1, 0.15) is 6.92 Å². The van der Waals surface area contributed by atoms with Gasteiger partial charge in [0.15, 0.2) is 12.4 Å². The number of ether oxygens (including phenoxy) is 1. The van der Waals surface area contributed by atoms with Gasteiger partial charge in [0.1, 0.15) is 5.92 Å². The van der Waals surface area contributed by atoms with Gasteiger partial charge in [-0.3, -0.25) is 4.79 Å². The maximum Gasteiger partial charge on any atom is 0.333 e. The molecule has 1 aliphatic rings. The summed E-state index contributed by atoms with van der Waals surface area (Å²) in [5.74, 6) is -4.53. The number of hydrogen-bond acceptors (Lipinski definition) is 4. The van der Waals surface area contributed by atoms with Crippen LogP contribution in [0.3, 0.4) is 0 Å². The van der Waals surface area contributed by atoms with Crippen molar-refractivity contribution < 1.29 is 29.6 Å². The molecule has 1 rings (SSSR count). The van der Waals surface area contributed by atoms with Crippen molar-refractivity contribution in [3.63, 3.8) is 0 Å². The van der Waals surface area contributed by atoms with E-state index < -0.39 is 36.2 Å². The van der Waals surface area contributed by atoms with Crippen molar-refractivity contribution in [3.05, 3.63) is 0 Å². The summed E-state index contributed by atoms with van der Waals surface area (Å²) in [6, 6.07) is 0. The second kappa shape index (κ2) is 3.31. The Morgan fingerprint density at radius 1 is 1.23 bits per heavy atom. The van der Waals surface area contributed by atoms with Gasteiger partial charge < -0.3 is 20.1 Å². The van der Waals surface area contributed by atoms with Crippen molar-refractivity contribution in [2.45, 2.75) is 19.3 Å². The Kier molecular flexibility index (Phi) is 2.53. The summed E-state index contributed by atoms with van der Waals surface area (Å²) in [7, 11) is 0. The summed E-state index contributed by atoms with van der Waals surface area (Å²) < 4.78 is 4.58. The van der Waals surface area contributed by atoms with E-state index in [0.29, 0.717) is 0 Å². The van der Waals surface area contributed by atoms with E-state index in [2.05, 4.69) is 4.74 Å². The zero-order valence-corrected chi connectivity index (χ0v) is 6.88. The molecule has 1 saturated heterocycles. The molecule has 13 heavy (non-hydrogen) atoms. The van der Waals surface area contributed by atoms with Crippen molar-refractivity contribution in [1.29, 1.82) is 0 Å². The molecule has 0 saturated carbocycles. The summed E-state index contributed by atoms with van der Waals surface area (Å²) in [6.45, 7) is 1.44. The van der Waals surface area contributed by atoms with Crippen LogP contribution in [0.5, 0.6) is 0 Å². The zero-order chi connectivity index (χ0) is 10.2. The molecule has 0 aliphatic carbocycles. The van der Waals surface area contributed by atoms with Crippen LogP contribution >= 0.6 is 0 Å². The van der Waals surface area contributed by atoms with Gasteiger partial charge in [0.05, 0.1) is 0 Å². The second-order valence-electron chi connectivity index (χ2n) is 3.01. The number of rotatable bonds is 2. The summed E-state index contributed by atoms with van der Waals surface area (Å²) in [6.07, 6.45) is -2.77. The predicted molar refractivity (Wildman–Crippen MR) is 38.8 cm³/mol. The van der Waals surface area contributed by atoms with Crippen LogP contribution in [-0.4, -0.2) is 39.7 Å². The van der Waals surface area contributed by atoms with E-state index in [0.717, 1.165) is 0 Å². The van der Waals surface area contributed by atoms with E-state index in [-0.39, 0.29) is 0 Å². The molecule has 0 amide bonds. The highest BCUT2D eigenvalue weighted by molar-refractivity contribution is 5.82. The third-order valence-electron chi connectivity index (χ3n) is 2.16. The minimum Gasteiger partial charge on any atom is -0.481 e. The molecule has 1 aliphatic heterocycles. The van der Waals surface area contributed by atoms with Gasteiger partial charge in [-0.1, -0.05) is 6.92 Å². The van der Waals surface area contributed by atoms with Gasteiger partial charge in [-0.2, -0.15) is 0 Å². The fourth-order valence-electron chi connectivity index (χ4n) is 1.38. The smallest absolute Gasteiger partial charge is 0.333 e.